The quantitative estimate of drug-likeness (QED) is 0.667. The second-order valence-corrected chi connectivity index (χ2v) is 2.96. The number of aliphatic hydroxyl groups excluding tert-OH is 1. The number of hydrogen-bond acceptors (Lipinski definition) is 2. The van der Waals surface area contributed by atoms with Crippen LogP contribution in [0.25, 0.3) is 0 Å². The van der Waals surface area contributed by atoms with Gasteiger partial charge in [-0.1, -0.05) is 12.1 Å². The van der Waals surface area contributed by atoms with E-state index >= 15 is 0 Å². The Balaban J connectivity index is 2.16. The van der Waals surface area contributed by atoms with Crippen molar-refractivity contribution < 1.29 is 9.50 Å². The fraction of sp³-hybridized carbons (Fsp3) is 0.333. The van der Waals surface area contributed by atoms with Crippen LogP contribution in [0.3, 0.4) is 0 Å². The number of halogens is 1. The molecule has 0 amide bonds. The number of benzene rings is 1. The van der Waals surface area contributed by atoms with Crippen molar-refractivity contribution in [2.24, 2.45) is 0 Å². The summed E-state index contributed by atoms with van der Waals surface area (Å²) in [6.07, 6.45) is -0.550. The largest absolute Gasteiger partial charge is 0.374 e. The van der Waals surface area contributed by atoms with Crippen molar-refractivity contribution in [3.8, 4) is 0 Å². The van der Waals surface area contributed by atoms with Crippen LogP contribution in [-0.2, 0) is 0 Å². The molecule has 0 bridgehead atoms. The first-order valence-corrected chi connectivity index (χ1v) is 3.95. The first-order chi connectivity index (χ1) is 5.77. The van der Waals surface area contributed by atoms with Crippen molar-refractivity contribution >= 4 is 0 Å². The van der Waals surface area contributed by atoms with Gasteiger partial charge in [-0.15, -0.1) is 0 Å². The minimum Gasteiger partial charge on any atom is -0.374 e. The molecule has 0 radical (unpaired) electrons. The molecule has 0 aromatic heterocycles. The Morgan fingerprint density at radius 1 is 1.25 bits per heavy atom. The first kappa shape index (κ1) is 7.71. The summed E-state index contributed by atoms with van der Waals surface area (Å²) in [5.74, 6) is -0.267. The van der Waals surface area contributed by atoms with E-state index in [0.717, 1.165) is 18.7 Å². The highest BCUT2D eigenvalue weighted by atomic mass is 19.1. The molecule has 1 heterocycles. The van der Waals surface area contributed by atoms with E-state index in [0.29, 0.717) is 0 Å². The lowest BCUT2D eigenvalue weighted by atomic mass is 10.2. The smallest absolute Gasteiger partial charge is 0.133 e. The Kier molecular flexibility index (Phi) is 1.83. The molecular formula is C9H10FNO. The minimum absolute atomic E-state index is 0.267. The molecule has 64 valence electrons. The predicted octanol–water partition coefficient (Wildman–Crippen LogP) is 1.13. The van der Waals surface area contributed by atoms with E-state index < -0.39 is 6.23 Å². The molecule has 1 unspecified atom stereocenters. The van der Waals surface area contributed by atoms with Crippen LogP contribution in [0.1, 0.15) is 11.8 Å². The fourth-order valence-electron chi connectivity index (χ4n) is 1.15. The molecule has 1 aromatic carbocycles. The molecular weight excluding hydrogens is 157 g/mol. The molecule has 12 heavy (non-hydrogen) atoms. The molecule has 0 aliphatic carbocycles. The van der Waals surface area contributed by atoms with E-state index in [1.807, 2.05) is 4.90 Å². The summed E-state index contributed by atoms with van der Waals surface area (Å²) >= 11 is 0. The van der Waals surface area contributed by atoms with Gasteiger partial charge in [0.2, 0.25) is 0 Å². The number of nitrogens with zero attached hydrogens (tertiary/aromatic N) is 1. The van der Waals surface area contributed by atoms with Gasteiger partial charge in [-0.3, -0.25) is 4.90 Å². The van der Waals surface area contributed by atoms with E-state index in [4.69, 9.17) is 0 Å². The maximum absolute atomic E-state index is 12.5. The predicted molar refractivity (Wildman–Crippen MR) is 42.9 cm³/mol. The molecule has 1 aliphatic rings. The van der Waals surface area contributed by atoms with E-state index in [2.05, 4.69) is 0 Å². The summed E-state index contributed by atoms with van der Waals surface area (Å²) in [5, 5.41) is 9.55. The van der Waals surface area contributed by atoms with Gasteiger partial charge in [0.15, 0.2) is 0 Å². The van der Waals surface area contributed by atoms with Crippen molar-refractivity contribution in [1.29, 1.82) is 0 Å². The fourth-order valence-corrected chi connectivity index (χ4v) is 1.15. The van der Waals surface area contributed by atoms with Crippen LogP contribution in [0, 0.1) is 5.82 Å². The van der Waals surface area contributed by atoms with Crippen molar-refractivity contribution in [1.82, 2.24) is 4.90 Å². The van der Waals surface area contributed by atoms with Crippen molar-refractivity contribution in [2.45, 2.75) is 6.23 Å². The van der Waals surface area contributed by atoms with Crippen LogP contribution in [0.15, 0.2) is 24.3 Å². The maximum Gasteiger partial charge on any atom is 0.133 e. The highest BCUT2D eigenvalue weighted by Gasteiger charge is 2.26. The SMILES string of the molecule is OC(c1ccc(F)cc1)N1CC1. The molecule has 1 saturated heterocycles. The van der Waals surface area contributed by atoms with Gasteiger partial charge in [-0.25, -0.2) is 4.39 Å². The Morgan fingerprint density at radius 3 is 2.33 bits per heavy atom. The van der Waals surface area contributed by atoms with E-state index in [1.54, 1.807) is 12.1 Å². The standard InChI is InChI=1S/C9H10FNO/c10-8-3-1-7(2-4-8)9(12)11-5-6-11/h1-4,9,12H,5-6H2. The number of hydrogen-bond donors (Lipinski definition) is 1. The van der Waals surface area contributed by atoms with Crippen molar-refractivity contribution in [3.05, 3.63) is 35.6 Å². The zero-order valence-electron chi connectivity index (χ0n) is 6.57. The van der Waals surface area contributed by atoms with E-state index in [9.17, 15) is 9.50 Å². The highest BCUT2D eigenvalue weighted by molar-refractivity contribution is 5.18. The Hall–Kier alpha value is -0.930. The molecule has 0 saturated carbocycles. The van der Waals surface area contributed by atoms with Gasteiger partial charge in [0, 0.05) is 13.1 Å². The Morgan fingerprint density at radius 2 is 1.83 bits per heavy atom. The monoisotopic (exact) mass is 167 g/mol. The van der Waals surface area contributed by atoms with E-state index in [1.165, 1.54) is 12.1 Å². The highest BCUT2D eigenvalue weighted by Crippen LogP contribution is 2.23. The molecule has 2 rings (SSSR count). The molecule has 1 aliphatic heterocycles. The molecule has 1 atom stereocenters. The van der Waals surface area contributed by atoms with Crippen molar-refractivity contribution in [3.63, 3.8) is 0 Å². The summed E-state index contributed by atoms with van der Waals surface area (Å²) in [7, 11) is 0. The average Bonchev–Trinajstić information content (AvgIpc) is 2.87. The third-order valence-corrected chi connectivity index (χ3v) is 2.00. The zero-order chi connectivity index (χ0) is 8.55. The second-order valence-electron chi connectivity index (χ2n) is 2.96. The molecule has 3 heteroatoms. The lowest BCUT2D eigenvalue weighted by Crippen LogP contribution is -2.07. The Bertz CT molecular complexity index is 268. The van der Waals surface area contributed by atoms with Gasteiger partial charge in [0.25, 0.3) is 0 Å². The zero-order valence-corrected chi connectivity index (χ0v) is 6.57. The summed E-state index contributed by atoms with van der Waals surface area (Å²) in [6.45, 7) is 1.86. The van der Waals surface area contributed by atoms with Crippen LogP contribution >= 0.6 is 0 Å². The van der Waals surface area contributed by atoms with Crippen LogP contribution < -0.4 is 0 Å². The molecule has 0 spiro atoms. The molecule has 1 N–H and O–H groups in total. The summed E-state index contributed by atoms with van der Waals surface area (Å²) in [4.78, 5) is 1.90. The lowest BCUT2D eigenvalue weighted by Gasteiger charge is -2.10. The van der Waals surface area contributed by atoms with Crippen LogP contribution in [0.4, 0.5) is 4.39 Å². The van der Waals surface area contributed by atoms with E-state index in [-0.39, 0.29) is 5.82 Å². The number of aliphatic hydroxyl groups is 1. The summed E-state index contributed by atoms with van der Waals surface area (Å²) < 4.78 is 12.5. The van der Waals surface area contributed by atoms with Crippen molar-refractivity contribution in [2.75, 3.05) is 13.1 Å². The average molecular weight is 167 g/mol. The third kappa shape index (κ3) is 1.47. The molecule has 2 nitrogen and oxygen atoms in total. The van der Waals surface area contributed by atoms with Crippen LogP contribution in [-0.4, -0.2) is 23.1 Å². The topological polar surface area (TPSA) is 23.2 Å². The van der Waals surface area contributed by atoms with Gasteiger partial charge in [0.1, 0.15) is 12.0 Å². The summed E-state index contributed by atoms with van der Waals surface area (Å²) in [5.41, 5.74) is 0.758. The molecule has 1 aromatic rings. The Labute approximate surface area is 70.2 Å². The van der Waals surface area contributed by atoms with Gasteiger partial charge < -0.3 is 5.11 Å². The third-order valence-electron chi connectivity index (χ3n) is 2.00. The molecule has 1 fully saturated rings. The lowest BCUT2D eigenvalue weighted by molar-refractivity contribution is 0.0806. The van der Waals surface area contributed by atoms with Gasteiger partial charge in [-0.05, 0) is 17.7 Å². The minimum atomic E-state index is -0.550. The van der Waals surface area contributed by atoms with Crippen LogP contribution in [0.5, 0.6) is 0 Å². The normalized spacial score (nSPS) is 19.2. The van der Waals surface area contributed by atoms with Gasteiger partial charge in [-0.2, -0.15) is 0 Å². The first-order valence-electron chi connectivity index (χ1n) is 3.95. The van der Waals surface area contributed by atoms with Gasteiger partial charge in [0.05, 0.1) is 0 Å². The van der Waals surface area contributed by atoms with Crippen LogP contribution in [0.2, 0.25) is 0 Å². The number of rotatable bonds is 2. The maximum atomic E-state index is 12.5. The second kappa shape index (κ2) is 2.84. The van der Waals surface area contributed by atoms with Gasteiger partial charge >= 0.3 is 0 Å². The summed E-state index contributed by atoms with van der Waals surface area (Å²) in [6, 6.07) is 5.95.